The maximum absolute atomic E-state index is 11.3. The summed E-state index contributed by atoms with van der Waals surface area (Å²) in [4.78, 5) is 13.9. The molecular formula is C17H18N10O2. The summed E-state index contributed by atoms with van der Waals surface area (Å²) in [6.07, 6.45) is 10.4. The molecule has 0 atom stereocenters. The van der Waals surface area contributed by atoms with Gasteiger partial charge in [-0.05, 0) is 0 Å². The van der Waals surface area contributed by atoms with E-state index in [0.29, 0.717) is 17.0 Å². The van der Waals surface area contributed by atoms with E-state index in [2.05, 4.69) is 30.5 Å². The fourth-order valence-corrected chi connectivity index (χ4v) is 2.83. The van der Waals surface area contributed by atoms with Gasteiger partial charge < -0.3 is 15.8 Å². The highest BCUT2D eigenvalue weighted by Crippen LogP contribution is 2.23. The van der Waals surface area contributed by atoms with Gasteiger partial charge in [0.2, 0.25) is 5.88 Å². The molecule has 5 aromatic heterocycles. The predicted octanol–water partition coefficient (Wildman–Crippen LogP) is 0.521. The molecule has 0 aliphatic heterocycles. The Morgan fingerprint density at radius 2 is 1.62 bits per heavy atom. The number of aryl methyl sites for hydroxylation is 2. The quantitative estimate of drug-likeness (QED) is 0.339. The fourth-order valence-electron chi connectivity index (χ4n) is 2.83. The maximum Gasteiger partial charge on any atom is 0.254 e. The summed E-state index contributed by atoms with van der Waals surface area (Å²) >= 11 is 0. The number of nitrogens with zero attached hydrogens (tertiary/aromatic N) is 7. The number of nitrogens with one attached hydrogen (secondary N) is 2. The van der Waals surface area contributed by atoms with Crippen LogP contribution in [0.3, 0.4) is 0 Å². The Balaban J connectivity index is 0.000000150. The minimum Gasteiger partial charge on any atom is -0.493 e. The summed E-state index contributed by atoms with van der Waals surface area (Å²) in [5.74, 6) is 0.377. The summed E-state index contributed by atoms with van der Waals surface area (Å²) in [5, 5.41) is 28.2. The van der Waals surface area contributed by atoms with E-state index in [1.54, 1.807) is 47.4 Å². The van der Waals surface area contributed by atoms with Crippen LogP contribution >= 0.6 is 0 Å². The number of H-pyrrole nitrogens is 2. The van der Waals surface area contributed by atoms with Crippen LogP contribution in [0.5, 0.6) is 5.88 Å². The molecule has 0 amide bonds. The average molecular weight is 394 g/mol. The zero-order valence-corrected chi connectivity index (χ0v) is 15.6. The molecule has 0 fully saturated rings. The summed E-state index contributed by atoms with van der Waals surface area (Å²) in [5.41, 5.74) is 9.10. The molecule has 0 aliphatic rings. The van der Waals surface area contributed by atoms with Crippen molar-refractivity contribution in [2.45, 2.75) is 0 Å². The molecule has 148 valence electrons. The van der Waals surface area contributed by atoms with Gasteiger partial charge in [-0.1, -0.05) is 0 Å². The molecule has 5 N–H and O–H groups in total. The Hall–Kier alpha value is -4.35. The zero-order valence-electron chi connectivity index (χ0n) is 15.6. The van der Waals surface area contributed by atoms with Crippen molar-refractivity contribution in [3.05, 3.63) is 53.6 Å². The number of aromatic hydroxyl groups is 1. The lowest BCUT2D eigenvalue weighted by Crippen LogP contribution is -2.07. The van der Waals surface area contributed by atoms with Gasteiger partial charge in [0.1, 0.15) is 11.5 Å². The van der Waals surface area contributed by atoms with E-state index in [1.807, 2.05) is 13.2 Å². The first kappa shape index (κ1) is 18.0. The van der Waals surface area contributed by atoms with Crippen LogP contribution < -0.4 is 11.3 Å². The van der Waals surface area contributed by atoms with Gasteiger partial charge in [-0.2, -0.15) is 24.9 Å². The number of aromatic amines is 2. The Morgan fingerprint density at radius 1 is 0.966 bits per heavy atom. The van der Waals surface area contributed by atoms with Crippen molar-refractivity contribution in [3.63, 3.8) is 0 Å². The fraction of sp³-hybridized carbons (Fsp3) is 0.118. The van der Waals surface area contributed by atoms with Crippen LogP contribution in [0.1, 0.15) is 0 Å². The highest BCUT2D eigenvalue weighted by molar-refractivity contribution is 5.76. The van der Waals surface area contributed by atoms with Crippen LogP contribution in [0.2, 0.25) is 0 Å². The second-order valence-electron chi connectivity index (χ2n) is 6.31. The second kappa shape index (κ2) is 6.99. The van der Waals surface area contributed by atoms with Gasteiger partial charge in [-0.15, -0.1) is 0 Å². The molecule has 0 bridgehead atoms. The molecule has 5 rings (SSSR count). The number of anilines is 1. The molecule has 0 saturated heterocycles. The molecule has 12 heteroatoms. The molecule has 0 aliphatic carbocycles. The molecule has 5 heterocycles. The van der Waals surface area contributed by atoms with Crippen LogP contribution in [0, 0.1) is 0 Å². The van der Waals surface area contributed by atoms with Gasteiger partial charge >= 0.3 is 0 Å². The summed E-state index contributed by atoms with van der Waals surface area (Å²) in [6.45, 7) is 0. The molecule has 0 spiro atoms. The predicted molar refractivity (Wildman–Crippen MR) is 105 cm³/mol. The summed E-state index contributed by atoms with van der Waals surface area (Å²) in [6, 6.07) is 1.08. The molecule has 12 nitrogen and oxygen atoms in total. The molecule has 0 radical (unpaired) electrons. The van der Waals surface area contributed by atoms with E-state index in [4.69, 9.17) is 5.73 Å². The van der Waals surface area contributed by atoms with Crippen LogP contribution in [-0.4, -0.2) is 49.5 Å². The minimum absolute atomic E-state index is 0.195. The molecular weight excluding hydrogens is 376 g/mol. The maximum atomic E-state index is 11.3. The number of aromatic nitrogens is 9. The number of hydrogen-bond acceptors (Lipinski definition) is 7. The Morgan fingerprint density at radius 3 is 2.17 bits per heavy atom. The monoisotopic (exact) mass is 394 g/mol. The van der Waals surface area contributed by atoms with Crippen molar-refractivity contribution >= 4 is 11.5 Å². The lowest BCUT2D eigenvalue weighted by atomic mass is 10.2. The summed E-state index contributed by atoms with van der Waals surface area (Å²) in [7, 11) is 3.66. The van der Waals surface area contributed by atoms with Gasteiger partial charge in [0, 0.05) is 48.7 Å². The van der Waals surface area contributed by atoms with Crippen molar-refractivity contribution in [2.75, 3.05) is 5.73 Å². The molecule has 0 aromatic carbocycles. The van der Waals surface area contributed by atoms with Crippen molar-refractivity contribution in [2.24, 2.45) is 14.1 Å². The van der Waals surface area contributed by atoms with Crippen LogP contribution in [0.15, 0.2) is 48.0 Å². The van der Waals surface area contributed by atoms with Crippen molar-refractivity contribution in [1.29, 1.82) is 0 Å². The summed E-state index contributed by atoms with van der Waals surface area (Å²) < 4.78 is 4.64. The van der Waals surface area contributed by atoms with Gasteiger partial charge in [0.25, 0.3) is 5.56 Å². The van der Waals surface area contributed by atoms with E-state index < -0.39 is 0 Å². The minimum atomic E-state index is -0.374. The number of rotatable bonds is 2. The van der Waals surface area contributed by atoms with E-state index in [1.165, 1.54) is 4.52 Å². The molecule has 0 saturated carbocycles. The molecule has 0 unspecified atom stereocenters. The highest BCUT2D eigenvalue weighted by atomic mass is 16.3. The van der Waals surface area contributed by atoms with E-state index >= 15 is 0 Å². The van der Waals surface area contributed by atoms with Gasteiger partial charge in [-0.3, -0.25) is 19.3 Å². The Kier molecular flexibility index (Phi) is 4.35. The van der Waals surface area contributed by atoms with Crippen LogP contribution in [-0.2, 0) is 14.1 Å². The third kappa shape index (κ3) is 3.45. The van der Waals surface area contributed by atoms with Gasteiger partial charge in [0.05, 0.1) is 30.9 Å². The second-order valence-corrected chi connectivity index (χ2v) is 6.31. The van der Waals surface area contributed by atoms with Crippen LogP contribution in [0.4, 0.5) is 5.82 Å². The standard InChI is InChI=1S/C10H9N5O2.C7H9N5/c1-14-5-6(3-11-14)7-4-12-15-9(17)2-8(16)13-10(7)15;1-12-4-5(2-10-12)6-3-9-11-7(6)8/h2-5,17H,1H3,(H,13,16);2-4H,1H3,(H3,8,9,11). The van der Waals surface area contributed by atoms with Crippen molar-refractivity contribution < 1.29 is 5.11 Å². The van der Waals surface area contributed by atoms with E-state index in [-0.39, 0.29) is 11.4 Å². The van der Waals surface area contributed by atoms with Crippen LogP contribution in [0.25, 0.3) is 27.9 Å². The lowest BCUT2D eigenvalue weighted by Gasteiger charge is -1.97. The van der Waals surface area contributed by atoms with Gasteiger partial charge in [0.15, 0.2) is 0 Å². The smallest absolute Gasteiger partial charge is 0.254 e. The topological polar surface area (TPSA) is 161 Å². The number of hydrogen-bond donors (Lipinski definition) is 4. The Bertz CT molecular complexity index is 1340. The molecule has 29 heavy (non-hydrogen) atoms. The Labute approximate surface area is 163 Å². The zero-order chi connectivity index (χ0) is 20.5. The normalized spacial score (nSPS) is 10.8. The first-order valence-corrected chi connectivity index (χ1v) is 8.49. The third-order valence-electron chi connectivity index (χ3n) is 4.19. The van der Waals surface area contributed by atoms with Gasteiger partial charge in [-0.25, -0.2) is 0 Å². The largest absolute Gasteiger partial charge is 0.493 e. The highest BCUT2D eigenvalue weighted by Gasteiger charge is 2.11. The number of nitrogens with two attached hydrogens (primary N) is 1. The van der Waals surface area contributed by atoms with E-state index in [9.17, 15) is 9.90 Å². The number of nitrogen functional groups attached to an aromatic ring is 1. The number of fused-ring (bicyclic) bond motifs is 1. The van der Waals surface area contributed by atoms with E-state index in [0.717, 1.165) is 22.8 Å². The average Bonchev–Trinajstić information content (AvgIpc) is 3.43. The SMILES string of the molecule is Cn1cc(-c2cn[nH]c2N)cn1.Cn1cc(-c2cnn3c(O)cc(=O)[nH]c23)cn1. The third-order valence-corrected chi connectivity index (χ3v) is 4.19. The van der Waals surface area contributed by atoms with Crippen molar-refractivity contribution in [3.8, 4) is 28.1 Å². The lowest BCUT2D eigenvalue weighted by molar-refractivity contribution is 0.434. The van der Waals surface area contributed by atoms with Crippen molar-refractivity contribution in [1.82, 2.24) is 44.4 Å². The molecule has 5 aromatic rings. The first-order valence-electron chi connectivity index (χ1n) is 8.49. The first-order chi connectivity index (χ1) is 13.9.